The number of carbonyl (C=O) groups is 1. The van der Waals surface area contributed by atoms with Gasteiger partial charge in [-0.15, -0.1) is 0 Å². The number of nitrogens with one attached hydrogen (secondary N) is 2. The number of halogens is 2. The molecule has 1 rings (SSSR count). The quantitative estimate of drug-likeness (QED) is 0.815. The molecule has 0 radical (unpaired) electrons. The molecule has 18 heavy (non-hydrogen) atoms. The van der Waals surface area contributed by atoms with Gasteiger partial charge in [0.05, 0.1) is 6.54 Å². The first-order valence-corrected chi connectivity index (χ1v) is 5.91. The highest BCUT2D eigenvalue weighted by Crippen LogP contribution is 2.11. The Balaban J connectivity index is 2.35. The van der Waals surface area contributed by atoms with Gasteiger partial charge in [0, 0.05) is 18.7 Å². The van der Waals surface area contributed by atoms with Crippen molar-refractivity contribution in [1.29, 1.82) is 0 Å². The van der Waals surface area contributed by atoms with E-state index in [4.69, 9.17) is 0 Å². The summed E-state index contributed by atoms with van der Waals surface area (Å²) in [6, 6.07) is 3.70. The summed E-state index contributed by atoms with van der Waals surface area (Å²) >= 11 is 0. The van der Waals surface area contributed by atoms with Crippen molar-refractivity contribution in [3.05, 3.63) is 35.4 Å². The van der Waals surface area contributed by atoms with Gasteiger partial charge in [0.2, 0.25) is 5.91 Å². The fourth-order valence-corrected chi connectivity index (χ4v) is 1.38. The first kappa shape index (κ1) is 14.6. The highest BCUT2D eigenvalue weighted by atomic mass is 19.1. The molecule has 5 heteroatoms. The Bertz CT molecular complexity index is 388. The van der Waals surface area contributed by atoms with Gasteiger partial charge in [0.15, 0.2) is 0 Å². The lowest BCUT2D eigenvalue weighted by atomic mass is 10.2. The summed E-state index contributed by atoms with van der Waals surface area (Å²) in [6.07, 6.45) is 0. The van der Waals surface area contributed by atoms with Crippen molar-refractivity contribution < 1.29 is 13.6 Å². The molecule has 3 nitrogen and oxygen atoms in total. The molecule has 0 aliphatic heterocycles. The average Bonchev–Trinajstić information content (AvgIpc) is 2.30. The predicted octanol–water partition coefficient (Wildman–Crippen LogP) is 1.83. The van der Waals surface area contributed by atoms with Crippen LogP contribution in [-0.2, 0) is 11.3 Å². The minimum Gasteiger partial charge on any atom is -0.355 e. The molecule has 0 bridgehead atoms. The molecule has 0 aliphatic rings. The third-order valence-corrected chi connectivity index (χ3v) is 2.36. The fourth-order valence-electron chi connectivity index (χ4n) is 1.38. The molecular weight excluding hydrogens is 238 g/mol. The number of hydrogen-bond acceptors (Lipinski definition) is 2. The lowest BCUT2D eigenvalue weighted by Crippen LogP contribution is -2.35. The Morgan fingerprint density at radius 1 is 1.28 bits per heavy atom. The van der Waals surface area contributed by atoms with E-state index in [1.165, 1.54) is 18.2 Å². The number of benzene rings is 1. The molecule has 1 aromatic carbocycles. The summed E-state index contributed by atoms with van der Waals surface area (Å²) in [5.41, 5.74) is -0.0471. The van der Waals surface area contributed by atoms with Crippen molar-refractivity contribution in [3.8, 4) is 0 Å². The van der Waals surface area contributed by atoms with Crippen molar-refractivity contribution in [1.82, 2.24) is 10.6 Å². The van der Waals surface area contributed by atoms with Crippen molar-refractivity contribution in [2.75, 3.05) is 13.1 Å². The molecule has 0 saturated carbocycles. The monoisotopic (exact) mass is 256 g/mol. The van der Waals surface area contributed by atoms with E-state index in [0.29, 0.717) is 12.5 Å². The fraction of sp³-hybridized carbons (Fsp3) is 0.462. The molecular formula is C13H18F2N2O. The molecule has 0 atom stereocenters. The van der Waals surface area contributed by atoms with E-state index in [9.17, 15) is 13.6 Å². The first-order valence-electron chi connectivity index (χ1n) is 5.91. The van der Waals surface area contributed by atoms with Crippen LogP contribution in [0.15, 0.2) is 18.2 Å². The highest BCUT2D eigenvalue weighted by molar-refractivity contribution is 5.77. The van der Waals surface area contributed by atoms with Crippen LogP contribution in [0.3, 0.4) is 0 Å². The maximum Gasteiger partial charge on any atom is 0.233 e. The van der Waals surface area contributed by atoms with Gasteiger partial charge in [-0.05, 0) is 18.1 Å². The van der Waals surface area contributed by atoms with E-state index in [1.807, 2.05) is 13.8 Å². The van der Waals surface area contributed by atoms with E-state index < -0.39 is 11.6 Å². The average molecular weight is 256 g/mol. The van der Waals surface area contributed by atoms with Gasteiger partial charge in [-0.1, -0.05) is 19.9 Å². The van der Waals surface area contributed by atoms with Crippen LogP contribution in [0.4, 0.5) is 8.78 Å². The van der Waals surface area contributed by atoms with Gasteiger partial charge >= 0.3 is 0 Å². The second-order valence-electron chi connectivity index (χ2n) is 4.50. The van der Waals surface area contributed by atoms with Gasteiger partial charge in [-0.25, -0.2) is 8.78 Å². The van der Waals surface area contributed by atoms with Gasteiger partial charge in [-0.2, -0.15) is 0 Å². The Morgan fingerprint density at radius 3 is 2.44 bits per heavy atom. The van der Waals surface area contributed by atoms with Gasteiger partial charge < -0.3 is 10.6 Å². The Labute approximate surface area is 106 Å². The maximum atomic E-state index is 13.2. The SMILES string of the molecule is CC(C)CNC(=O)CNCc1c(F)cccc1F. The van der Waals surface area contributed by atoms with Crippen LogP contribution >= 0.6 is 0 Å². The molecule has 0 aliphatic carbocycles. The van der Waals surface area contributed by atoms with Crippen molar-refractivity contribution in [2.45, 2.75) is 20.4 Å². The largest absolute Gasteiger partial charge is 0.355 e. The number of carbonyl (C=O) groups excluding carboxylic acids is 1. The Morgan fingerprint density at radius 2 is 1.89 bits per heavy atom. The van der Waals surface area contributed by atoms with Gasteiger partial charge in [0.25, 0.3) is 0 Å². The summed E-state index contributed by atoms with van der Waals surface area (Å²) in [5.74, 6) is -1.02. The highest BCUT2D eigenvalue weighted by Gasteiger charge is 2.08. The zero-order chi connectivity index (χ0) is 13.5. The summed E-state index contributed by atoms with van der Waals surface area (Å²) in [7, 11) is 0. The third kappa shape index (κ3) is 4.79. The van der Waals surface area contributed by atoms with Crippen molar-refractivity contribution in [3.63, 3.8) is 0 Å². The molecule has 0 aromatic heterocycles. The zero-order valence-corrected chi connectivity index (χ0v) is 10.6. The minimum atomic E-state index is -0.606. The molecule has 1 amide bonds. The Kier molecular flexibility index (Phi) is 5.71. The standard InChI is InChI=1S/C13H18F2N2O/c1-9(2)6-17-13(18)8-16-7-10-11(14)4-3-5-12(10)15/h3-5,9,16H,6-8H2,1-2H3,(H,17,18). The third-order valence-electron chi connectivity index (χ3n) is 2.36. The van der Waals surface area contributed by atoms with Crippen LogP contribution in [0.1, 0.15) is 19.4 Å². The molecule has 0 saturated heterocycles. The van der Waals surface area contributed by atoms with Crippen molar-refractivity contribution >= 4 is 5.91 Å². The zero-order valence-electron chi connectivity index (χ0n) is 10.6. The molecule has 1 aromatic rings. The molecule has 100 valence electrons. The second-order valence-corrected chi connectivity index (χ2v) is 4.50. The topological polar surface area (TPSA) is 41.1 Å². The second kappa shape index (κ2) is 7.06. The van der Waals surface area contributed by atoms with E-state index in [2.05, 4.69) is 10.6 Å². The van der Waals surface area contributed by atoms with E-state index in [-0.39, 0.29) is 24.6 Å². The van der Waals surface area contributed by atoms with E-state index >= 15 is 0 Å². The Hall–Kier alpha value is -1.49. The summed E-state index contributed by atoms with van der Waals surface area (Å²) in [6.45, 7) is 4.60. The molecule has 2 N–H and O–H groups in total. The lowest BCUT2D eigenvalue weighted by molar-refractivity contribution is -0.120. The number of amides is 1. The van der Waals surface area contributed by atoms with Crippen LogP contribution in [-0.4, -0.2) is 19.0 Å². The first-order chi connectivity index (χ1) is 8.50. The summed E-state index contributed by atoms with van der Waals surface area (Å²) in [4.78, 5) is 11.3. The van der Waals surface area contributed by atoms with Gasteiger partial charge in [-0.3, -0.25) is 4.79 Å². The minimum absolute atomic E-state index is 0.00634. The smallest absolute Gasteiger partial charge is 0.233 e. The number of hydrogen-bond donors (Lipinski definition) is 2. The molecule has 0 heterocycles. The van der Waals surface area contributed by atoms with Crippen LogP contribution in [0, 0.1) is 17.6 Å². The lowest BCUT2D eigenvalue weighted by Gasteiger charge is -2.09. The van der Waals surface area contributed by atoms with Crippen LogP contribution < -0.4 is 10.6 Å². The molecule has 0 spiro atoms. The van der Waals surface area contributed by atoms with Crippen LogP contribution in [0.25, 0.3) is 0 Å². The number of rotatable bonds is 6. The van der Waals surface area contributed by atoms with E-state index in [0.717, 1.165) is 0 Å². The van der Waals surface area contributed by atoms with Crippen molar-refractivity contribution in [2.24, 2.45) is 5.92 Å². The molecule has 0 unspecified atom stereocenters. The summed E-state index contributed by atoms with van der Waals surface area (Å²) < 4.78 is 26.5. The van der Waals surface area contributed by atoms with Crippen LogP contribution in [0.5, 0.6) is 0 Å². The van der Waals surface area contributed by atoms with E-state index in [1.54, 1.807) is 0 Å². The summed E-state index contributed by atoms with van der Waals surface area (Å²) in [5, 5.41) is 5.42. The normalized spacial score (nSPS) is 10.7. The maximum absolute atomic E-state index is 13.2. The predicted molar refractivity (Wildman–Crippen MR) is 65.9 cm³/mol. The van der Waals surface area contributed by atoms with Crippen LogP contribution in [0.2, 0.25) is 0 Å². The molecule has 0 fully saturated rings. The van der Waals surface area contributed by atoms with Gasteiger partial charge in [0.1, 0.15) is 11.6 Å².